The summed E-state index contributed by atoms with van der Waals surface area (Å²) in [7, 11) is 1.30. The highest BCUT2D eigenvalue weighted by Crippen LogP contribution is 2.45. The van der Waals surface area contributed by atoms with E-state index in [1.54, 1.807) is 24.3 Å². The van der Waals surface area contributed by atoms with Gasteiger partial charge < -0.3 is 24.7 Å². The van der Waals surface area contributed by atoms with Gasteiger partial charge in [0, 0.05) is 11.9 Å². The molecule has 2 saturated heterocycles. The van der Waals surface area contributed by atoms with Gasteiger partial charge in [0.25, 0.3) is 11.8 Å². The van der Waals surface area contributed by atoms with Gasteiger partial charge in [-0.1, -0.05) is 12.1 Å². The van der Waals surface area contributed by atoms with Gasteiger partial charge >= 0.3 is 6.03 Å². The smallest absolute Gasteiger partial charge is 0.322 e. The van der Waals surface area contributed by atoms with E-state index in [9.17, 15) is 28.4 Å². The Kier molecular flexibility index (Phi) is 4.59. The van der Waals surface area contributed by atoms with Crippen LogP contribution in [-0.4, -0.2) is 48.1 Å². The normalized spacial score (nSPS) is 25.4. The highest BCUT2D eigenvalue weighted by Gasteiger charge is 2.54. The van der Waals surface area contributed by atoms with Crippen LogP contribution in [0.4, 0.5) is 9.18 Å². The lowest BCUT2D eigenvalue weighted by Gasteiger charge is -2.29. The van der Waals surface area contributed by atoms with Crippen LogP contribution in [0.5, 0.6) is 5.75 Å². The van der Waals surface area contributed by atoms with E-state index in [0.29, 0.717) is 34.9 Å². The van der Waals surface area contributed by atoms with Crippen LogP contribution in [0.3, 0.4) is 0 Å². The number of fused-ring (bicyclic) bond motifs is 5. The minimum absolute atomic E-state index is 0.0138. The Balaban J connectivity index is 1.30. The van der Waals surface area contributed by atoms with Gasteiger partial charge in [0.1, 0.15) is 16.9 Å². The molecule has 0 saturated carbocycles. The zero-order chi connectivity index (χ0) is 27.3. The Labute approximate surface area is 219 Å². The molecule has 0 radical (unpaired) electrons. The minimum Gasteiger partial charge on any atom is -0.494 e. The number of Topliss-reactive ketones (excluding diaryl/α,β-unsaturated/α-hetero) is 1. The van der Waals surface area contributed by atoms with E-state index in [0.717, 1.165) is 5.56 Å². The number of ketones is 1. The standard InChI is InChI=1S/C27H21FN4O7/c1-38-17-4-2-12-10-32(23(35)21(12)22(17)28)11-27(24(36)29-25(37)31-27)19-8-14-13-6-7-26(18(33)9-20(34)30-26)15(13)3-5-16(14)39-19/h2-5,8H,6-7,9-11H2,1H3,(H,30,34)(H2,29,31,36,37)/t26?,27-/m0/s1. The van der Waals surface area contributed by atoms with Gasteiger partial charge in [0.2, 0.25) is 5.91 Å². The first-order chi connectivity index (χ1) is 18.7. The number of rotatable bonds is 4. The summed E-state index contributed by atoms with van der Waals surface area (Å²) in [6.45, 7) is -0.305. The molecule has 3 N–H and O–H groups in total. The molecule has 0 bridgehead atoms. The van der Waals surface area contributed by atoms with Gasteiger partial charge in [0.15, 0.2) is 22.9 Å². The summed E-state index contributed by atoms with van der Waals surface area (Å²) < 4.78 is 26.0. The molecule has 1 aromatic heterocycles. The second-order valence-electron chi connectivity index (χ2n) is 10.3. The third-order valence-electron chi connectivity index (χ3n) is 8.24. The predicted octanol–water partition coefficient (Wildman–Crippen LogP) is 1.50. The summed E-state index contributed by atoms with van der Waals surface area (Å²) in [4.78, 5) is 64.9. The summed E-state index contributed by atoms with van der Waals surface area (Å²) in [5.74, 6) is -2.67. The van der Waals surface area contributed by atoms with Crippen LogP contribution in [0.15, 0.2) is 34.7 Å². The molecule has 39 heavy (non-hydrogen) atoms. The van der Waals surface area contributed by atoms with Crippen molar-refractivity contribution >= 4 is 40.5 Å². The second-order valence-corrected chi connectivity index (χ2v) is 10.3. The fraction of sp³-hybridized carbons (Fsp3) is 0.296. The molecule has 3 aliphatic heterocycles. The third kappa shape index (κ3) is 2.99. The summed E-state index contributed by atoms with van der Waals surface area (Å²) in [5, 5.41) is 8.30. The third-order valence-corrected chi connectivity index (χ3v) is 8.24. The predicted molar refractivity (Wildman–Crippen MR) is 130 cm³/mol. The summed E-state index contributed by atoms with van der Waals surface area (Å²) in [6, 6.07) is 7.26. The number of amides is 5. The van der Waals surface area contributed by atoms with Crippen molar-refractivity contribution in [2.75, 3.05) is 13.7 Å². The number of hydrogen-bond acceptors (Lipinski definition) is 7. The first-order valence-corrected chi connectivity index (χ1v) is 12.4. The molecule has 1 unspecified atom stereocenters. The molecule has 2 aromatic carbocycles. The number of benzene rings is 2. The molecular formula is C27H21FN4O7. The lowest BCUT2D eigenvalue weighted by molar-refractivity contribution is -0.125. The van der Waals surface area contributed by atoms with Crippen molar-refractivity contribution in [3.05, 3.63) is 64.2 Å². The average Bonchev–Trinajstić information content (AvgIpc) is 3.67. The van der Waals surface area contributed by atoms with Crippen LogP contribution in [0.2, 0.25) is 0 Å². The van der Waals surface area contributed by atoms with E-state index >= 15 is 0 Å². The van der Waals surface area contributed by atoms with E-state index < -0.39 is 34.7 Å². The summed E-state index contributed by atoms with van der Waals surface area (Å²) in [6.07, 6.45) is 0.719. The molecule has 12 heteroatoms. The fourth-order valence-corrected chi connectivity index (χ4v) is 6.39. The maximum Gasteiger partial charge on any atom is 0.322 e. The van der Waals surface area contributed by atoms with Crippen LogP contribution in [-0.2, 0) is 38.4 Å². The molecular weight excluding hydrogens is 511 g/mol. The van der Waals surface area contributed by atoms with Crippen molar-refractivity contribution in [3.8, 4) is 5.75 Å². The second kappa shape index (κ2) is 7.65. The topological polar surface area (TPSA) is 147 Å². The number of carbonyl (C=O) groups is 5. The van der Waals surface area contributed by atoms with Gasteiger partial charge in [0.05, 0.1) is 25.6 Å². The van der Waals surface area contributed by atoms with Crippen molar-refractivity contribution in [2.45, 2.75) is 36.9 Å². The number of aryl methyl sites for hydroxylation is 1. The number of urea groups is 1. The Bertz CT molecular complexity index is 1700. The fourth-order valence-electron chi connectivity index (χ4n) is 6.39. The van der Waals surface area contributed by atoms with Crippen LogP contribution in [0.25, 0.3) is 11.0 Å². The molecule has 1 spiro atoms. The minimum atomic E-state index is -1.78. The van der Waals surface area contributed by atoms with E-state index in [1.807, 2.05) is 0 Å². The van der Waals surface area contributed by atoms with E-state index in [-0.39, 0.29) is 48.3 Å². The van der Waals surface area contributed by atoms with Gasteiger partial charge in [-0.05, 0) is 47.7 Å². The SMILES string of the molecule is COc1ccc2c(c1F)C(=O)N(C[C@@]1(c3cc4c5c(ccc4o3)C3(CC5)NC(=O)CC3=O)NC(=O)NC1=O)C2. The van der Waals surface area contributed by atoms with E-state index in [2.05, 4.69) is 16.0 Å². The Morgan fingerprint density at radius 3 is 2.62 bits per heavy atom. The first-order valence-electron chi connectivity index (χ1n) is 12.4. The highest BCUT2D eigenvalue weighted by molar-refractivity contribution is 6.12. The molecule has 3 aromatic rings. The monoisotopic (exact) mass is 532 g/mol. The molecule has 4 heterocycles. The quantitative estimate of drug-likeness (QED) is 0.341. The number of ether oxygens (including phenoxy) is 1. The molecule has 2 atom stereocenters. The van der Waals surface area contributed by atoms with Crippen molar-refractivity contribution in [3.63, 3.8) is 0 Å². The van der Waals surface area contributed by atoms with Crippen molar-refractivity contribution in [1.82, 2.24) is 20.9 Å². The van der Waals surface area contributed by atoms with Gasteiger partial charge in [-0.15, -0.1) is 0 Å². The Hall–Kier alpha value is -4.74. The van der Waals surface area contributed by atoms with Crippen molar-refractivity contribution in [2.24, 2.45) is 0 Å². The number of nitrogens with one attached hydrogen (secondary N) is 3. The van der Waals surface area contributed by atoms with Crippen molar-refractivity contribution in [1.29, 1.82) is 0 Å². The zero-order valence-corrected chi connectivity index (χ0v) is 20.6. The Morgan fingerprint density at radius 2 is 1.92 bits per heavy atom. The number of furan rings is 1. The van der Waals surface area contributed by atoms with E-state index in [4.69, 9.17) is 9.15 Å². The molecule has 4 aliphatic rings. The van der Waals surface area contributed by atoms with Crippen LogP contribution < -0.4 is 20.7 Å². The van der Waals surface area contributed by atoms with Crippen molar-refractivity contribution < 1.29 is 37.5 Å². The Morgan fingerprint density at radius 1 is 1.10 bits per heavy atom. The number of imide groups is 1. The number of nitrogens with zero attached hydrogens (tertiary/aromatic N) is 1. The molecule has 198 valence electrons. The lowest BCUT2D eigenvalue weighted by Crippen LogP contribution is -2.52. The van der Waals surface area contributed by atoms with Gasteiger partial charge in [-0.25, -0.2) is 9.18 Å². The number of halogens is 1. The molecule has 7 rings (SSSR count). The first kappa shape index (κ1) is 23.4. The lowest BCUT2D eigenvalue weighted by atomic mass is 9.88. The van der Waals surface area contributed by atoms with E-state index in [1.165, 1.54) is 18.1 Å². The maximum atomic E-state index is 14.9. The van der Waals surface area contributed by atoms with Gasteiger partial charge in [-0.3, -0.25) is 24.5 Å². The highest BCUT2D eigenvalue weighted by atomic mass is 19.1. The van der Waals surface area contributed by atoms with Crippen LogP contribution in [0.1, 0.15) is 45.7 Å². The van der Waals surface area contributed by atoms with Crippen LogP contribution in [0, 0.1) is 5.82 Å². The largest absolute Gasteiger partial charge is 0.494 e. The molecule has 1 aliphatic carbocycles. The van der Waals surface area contributed by atoms with Gasteiger partial charge in [-0.2, -0.15) is 0 Å². The molecule has 5 amide bonds. The summed E-state index contributed by atoms with van der Waals surface area (Å²) >= 11 is 0. The molecule has 2 fully saturated rings. The van der Waals surface area contributed by atoms with Crippen LogP contribution >= 0.6 is 0 Å². The number of carbonyl (C=O) groups excluding carboxylic acids is 5. The number of hydrogen-bond donors (Lipinski definition) is 3. The average molecular weight is 532 g/mol. The summed E-state index contributed by atoms with van der Waals surface area (Å²) in [5.41, 5.74) is -0.682. The zero-order valence-electron chi connectivity index (χ0n) is 20.6. The maximum absolute atomic E-state index is 14.9. The number of methoxy groups -OCH3 is 1. The molecule has 11 nitrogen and oxygen atoms in total.